The van der Waals surface area contributed by atoms with Crippen LogP contribution in [0.15, 0.2) is 84.4 Å². The van der Waals surface area contributed by atoms with Gasteiger partial charge in [-0.2, -0.15) is 5.10 Å². The monoisotopic (exact) mass is 566 g/mol. The molecule has 1 aromatic heterocycles. The number of hydrazone groups is 1. The molecule has 3 atom stereocenters. The maximum Gasteiger partial charge on any atom is 0.125 e. The summed E-state index contributed by atoms with van der Waals surface area (Å²) in [4.78, 5) is 6.64. The average Bonchev–Trinajstić information content (AvgIpc) is 3.28. The largest absolute Gasteiger partial charge is 0.364 e. The summed E-state index contributed by atoms with van der Waals surface area (Å²) in [5, 5.41) is 12.7. The second kappa shape index (κ2) is 18.0. The van der Waals surface area contributed by atoms with E-state index in [0.29, 0.717) is 17.1 Å². The number of aryl methyl sites for hydroxylation is 1. The predicted octanol–water partition coefficient (Wildman–Crippen LogP) is 7.41. The highest BCUT2D eigenvalue weighted by Crippen LogP contribution is 2.24. The number of benzene rings is 2. The van der Waals surface area contributed by atoms with E-state index < -0.39 is 6.17 Å². The summed E-state index contributed by atoms with van der Waals surface area (Å²) in [5.41, 5.74) is 3.05. The van der Waals surface area contributed by atoms with Crippen LogP contribution in [0.5, 0.6) is 0 Å². The van der Waals surface area contributed by atoms with Gasteiger partial charge in [0.05, 0.1) is 17.6 Å². The van der Waals surface area contributed by atoms with Crippen molar-refractivity contribution in [1.29, 1.82) is 0 Å². The zero-order chi connectivity index (χ0) is 30.9. The van der Waals surface area contributed by atoms with Crippen LogP contribution in [-0.4, -0.2) is 41.5 Å². The second-order valence-electron chi connectivity index (χ2n) is 8.93. The molecule has 0 spiro atoms. The Balaban J connectivity index is 0.000000501. The summed E-state index contributed by atoms with van der Waals surface area (Å²) >= 11 is 0. The number of nitrogens with one attached hydrogen (secondary N) is 2. The first-order valence-corrected chi connectivity index (χ1v) is 13.2. The maximum absolute atomic E-state index is 13.4. The highest BCUT2D eigenvalue weighted by molar-refractivity contribution is 5.56. The maximum atomic E-state index is 13.4. The van der Waals surface area contributed by atoms with E-state index in [1.165, 1.54) is 37.3 Å². The van der Waals surface area contributed by atoms with Crippen LogP contribution in [0, 0.1) is 31.4 Å². The van der Waals surface area contributed by atoms with Crippen molar-refractivity contribution >= 4 is 12.0 Å². The minimum atomic E-state index is -1.09. The number of halogens is 3. The molecular formula is C32H41F3N6. The normalized spacial score (nSPS) is 14.7. The standard InChI is InChI=1S/C20H25FN6.C8H8F2.C2H6.C2H2/c1-14-8-9-18(22-12-14)19(11-20-26(3)13-23-27(20)4)25-15(2)24-17-7-5-6-16(21)10-17;1-6(9)7-3-2-4-8(10)5-7;2*1-2/h5-10,12-13,19-20,24-25H,2,11H2,1,3-4H3;2-6H,1H3;1-2H3;1-2H/t19-,20?;;;/m1.../s1. The van der Waals surface area contributed by atoms with Gasteiger partial charge in [-0.25, -0.2) is 13.2 Å². The molecule has 0 amide bonds. The fourth-order valence-corrected chi connectivity index (χ4v) is 3.79. The molecule has 9 heteroatoms. The van der Waals surface area contributed by atoms with Gasteiger partial charge in [-0.05, 0) is 61.4 Å². The Hall–Kier alpha value is -4.45. The van der Waals surface area contributed by atoms with Gasteiger partial charge in [-0.3, -0.25) is 9.99 Å². The first-order valence-electron chi connectivity index (χ1n) is 13.2. The number of terminal acetylenes is 1. The number of hydrogen-bond acceptors (Lipinski definition) is 6. The van der Waals surface area contributed by atoms with Gasteiger partial charge in [0.2, 0.25) is 0 Å². The minimum absolute atomic E-state index is 0.0873. The van der Waals surface area contributed by atoms with Crippen LogP contribution >= 0.6 is 0 Å². The lowest BCUT2D eigenvalue weighted by molar-refractivity contribution is 0.155. The molecule has 41 heavy (non-hydrogen) atoms. The average molecular weight is 567 g/mol. The van der Waals surface area contributed by atoms with E-state index in [9.17, 15) is 13.2 Å². The number of anilines is 1. The molecule has 3 aromatic rings. The van der Waals surface area contributed by atoms with Crippen molar-refractivity contribution < 1.29 is 13.2 Å². The first kappa shape index (κ1) is 34.6. The molecule has 0 aliphatic carbocycles. The van der Waals surface area contributed by atoms with Crippen LogP contribution in [0.1, 0.15) is 56.2 Å². The third-order valence-electron chi connectivity index (χ3n) is 5.83. The van der Waals surface area contributed by atoms with Gasteiger partial charge < -0.3 is 15.5 Å². The summed E-state index contributed by atoms with van der Waals surface area (Å²) in [6.45, 7) is 11.4. The Morgan fingerprint density at radius 1 is 1.02 bits per heavy atom. The fourth-order valence-electron chi connectivity index (χ4n) is 3.79. The number of rotatable bonds is 8. The molecule has 4 rings (SSSR count). The van der Waals surface area contributed by atoms with Crippen molar-refractivity contribution in [3.63, 3.8) is 0 Å². The van der Waals surface area contributed by atoms with Crippen LogP contribution in [0.2, 0.25) is 0 Å². The Labute approximate surface area is 243 Å². The summed E-state index contributed by atoms with van der Waals surface area (Å²) < 4.78 is 38.2. The number of hydrogen-bond donors (Lipinski definition) is 2. The Morgan fingerprint density at radius 2 is 1.66 bits per heavy atom. The quantitative estimate of drug-likeness (QED) is 0.278. The number of alkyl halides is 1. The van der Waals surface area contributed by atoms with E-state index in [1.54, 1.807) is 18.2 Å². The topological polar surface area (TPSA) is 55.8 Å². The van der Waals surface area contributed by atoms with Crippen molar-refractivity contribution in [2.45, 2.75) is 52.5 Å². The van der Waals surface area contributed by atoms with Gasteiger partial charge in [0.15, 0.2) is 0 Å². The van der Waals surface area contributed by atoms with Crippen molar-refractivity contribution in [1.82, 2.24) is 20.2 Å². The Kier molecular flexibility index (Phi) is 15.2. The van der Waals surface area contributed by atoms with Crippen molar-refractivity contribution in [2.75, 3.05) is 19.4 Å². The highest BCUT2D eigenvalue weighted by atomic mass is 19.1. The molecule has 220 valence electrons. The molecule has 6 nitrogen and oxygen atoms in total. The number of aromatic nitrogens is 1. The lowest BCUT2D eigenvalue weighted by Crippen LogP contribution is -2.39. The molecule has 2 unspecified atom stereocenters. The van der Waals surface area contributed by atoms with E-state index in [1.807, 2.05) is 64.5 Å². The SMILES string of the molecule is C#C.C=C(Nc1cccc(F)c1)N[C@H](CC1N(C)C=NN1C)c1ccc(C)cn1.CC.CC(F)c1cccc(F)c1. The van der Waals surface area contributed by atoms with Gasteiger partial charge in [0, 0.05) is 32.4 Å². The van der Waals surface area contributed by atoms with E-state index in [-0.39, 0.29) is 23.8 Å². The molecule has 2 heterocycles. The predicted molar refractivity (Wildman–Crippen MR) is 164 cm³/mol. The van der Waals surface area contributed by atoms with Gasteiger partial charge >= 0.3 is 0 Å². The first-order chi connectivity index (χ1) is 19.6. The van der Waals surface area contributed by atoms with Crippen LogP contribution in [0.25, 0.3) is 0 Å². The Morgan fingerprint density at radius 3 is 2.15 bits per heavy atom. The zero-order valence-corrected chi connectivity index (χ0v) is 24.7. The van der Waals surface area contributed by atoms with Crippen LogP contribution < -0.4 is 10.6 Å². The smallest absolute Gasteiger partial charge is 0.125 e. The van der Waals surface area contributed by atoms with Crippen molar-refractivity contribution in [2.24, 2.45) is 5.10 Å². The molecule has 0 saturated heterocycles. The molecule has 0 saturated carbocycles. The minimum Gasteiger partial charge on any atom is -0.364 e. The highest BCUT2D eigenvalue weighted by Gasteiger charge is 2.27. The fraction of sp³-hybridized carbons (Fsp3) is 0.312. The van der Waals surface area contributed by atoms with E-state index in [2.05, 4.69) is 45.0 Å². The summed E-state index contributed by atoms with van der Waals surface area (Å²) in [6.07, 6.45) is 11.4. The summed E-state index contributed by atoms with van der Waals surface area (Å²) in [7, 11) is 3.95. The molecule has 2 N–H and O–H groups in total. The molecule has 0 radical (unpaired) electrons. The van der Waals surface area contributed by atoms with Crippen LogP contribution in [0.4, 0.5) is 18.9 Å². The molecular weight excluding hydrogens is 525 g/mol. The van der Waals surface area contributed by atoms with Gasteiger partial charge in [-0.1, -0.05) is 44.7 Å². The molecule has 1 aliphatic heterocycles. The molecule has 0 bridgehead atoms. The molecule has 2 aromatic carbocycles. The lowest BCUT2D eigenvalue weighted by atomic mass is 10.1. The number of pyridine rings is 1. The van der Waals surface area contributed by atoms with E-state index in [0.717, 1.165) is 17.7 Å². The number of nitrogens with zero attached hydrogens (tertiary/aromatic N) is 4. The van der Waals surface area contributed by atoms with Crippen LogP contribution in [0.3, 0.4) is 0 Å². The lowest BCUT2D eigenvalue weighted by Gasteiger charge is -2.30. The molecule has 1 aliphatic rings. The summed E-state index contributed by atoms with van der Waals surface area (Å²) in [6, 6.07) is 15.8. The van der Waals surface area contributed by atoms with Crippen molar-refractivity contribution in [3.8, 4) is 12.8 Å². The zero-order valence-electron chi connectivity index (χ0n) is 24.7. The van der Waals surface area contributed by atoms with Gasteiger partial charge in [0.25, 0.3) is 0 Å². The van der Waals surface area contributed by atoms with Gasteiger partial charge in [0.1, 0.15) is 30.3 Å². The van der Waals surface area contributed by atoms with Crippen molar-refractivity contribution in [3.05, 3.63) is 108 Å². The third-order valence-corrected chi connectivity index (χ3v) is 5.83. The second-order valence-corrected chi connectivity index (χ2v) is 8.93. The van der Waals surface area contributed by atoms with Gasteiger partial charge in [-0.15, -0.1) is 12.8 Å². The van der Waals surface area contributed by atoms with Crippen LogP contribution in [-0.2, 0) is 0 Å². The van der Waals surface area contributed by atoms with E-state index in [4.69, 9.17) is 0 Å². The molecule has 0 fully saturated rings. The Bertz CT molecular complexity index is 1230. The third kappa shape index (κ3) is 11.7. The van der Waals surface area contributed by atoms with E-state index >= 15 is 0 Å². The summed E-state index contributed by atoms with van der Waals surface area (Å²) in [5.74, 6) is -0.102.